The zero-order chi connectivity index (χ0) is 13.2. The maximum atomic E-state index is 11.8. The van der Waals surface area contributed by atoms with E-state index in [-0.39, 0.29) is 5.90 Å². The number of rotatable bonds is 4. The van der Waals surface area contributed by atoms with Crippen molar-refractivity contribution in [3.8, 4) is 0 Å². The lowest BCUT2D eigenvalue weighted by molar-refractivity contribution is -0.135. The second-order valence-corrected chi connectivity index (χ2v) is 6.37. The molecule has 0 saturated heterocycles. The van der Waals surface area contributed by atoms with E-state index < -0.39 is 15.7 Å². The number of hydrogen-bond acceptors (Lipinski definition) is 4. The van der Waals surface area contributed by atoms with Crippen molar-refractivity contribution in [1.29, 1.82) is 0 Å². The van der Waals surface area contributed by atoms with E-state index >= 15 is 0 Å². The molecule has 1 atom stereocenters. The van der Waals surface area contributed by atoms with Crippen LogP contribution in [-0.2, 0) is 15.3 Å². The minimum Gasteiger partial charge on any atom is -0.406 e. The Hall–Kier alpha value is -0.710. The van der Waals surface area contributed by atoms with Crippen LogP contribution in [0.25, 0.3) is 0 Å². The molecule has 3 nitrogen and oxygen atoms in total. The number of cyclic esters (lactones) is 1. The Balaban J connectivity index is 2.06. The molecule has 1 aromatic carbocycles. The van der Waals surface area contributed by atoms with Crippen LogP contribution in [0.1, 0.15) is 12.5 Å². The summed E-state index contributed by atoms with van der Waals surface area (Å²) in [6.45, 7) is 1.70. The molecule has 0 radical (unpaired) electrons. The third-order valence-corrected chi connectivity index (χ3v) is 4.12. The Kier molecular flexibility index (Phi) is 4.20. The van der Waals surface area contributed by atoms with E-state index in [1.807, 2.05) is 30.3 Å². The molecule has 0 fully saturated rings. The Morgan fingerprint density at radius 3 is 2.61 bits per heavy atom. The monoisotopic (exact) mass is 303 g/mol. The first-order valence-corrected chi connectivity index (χ1v) is 7.15. The van der Waals surface area contributed by atoms with Crippen molar-refractivity contribution in [2.75, 3.05) is 0 Å². The van der Waals surface area contributed by atoms with Gasteiger partial charge in [-0.15, -0.1) is 11.8 Å². The molecule has 1 unspecified atom stereocenters. The van der Waals surface area contributed by atoms with Gasteiger partial charge in [-0.3, -0.25) is 0 Å². The molecule has 0 bridgehead atoms. The lowest BCUT2D eigenvalue weighted by Gasteiger charge is -2.15. The fourth-order valence-electron chi connectivity index (χ4n) is 1.45. The number of benzene rings is 1. The molecule has 6 heteroatoms. The van der Waals surface area contributed by atoms with E-state index in [9.17, 15) is 4.79 Å². The second kappa shape index (κ2) is 5.51. The molecule has 96 valence electrons. The zero-order valence-corrected chi connectivity index (χ0v) is 11.9. The third-order valence-electron chi connectivity index (χ3n) is 2.45. The van der Waals surface area contributed by atoms with Crippen LogP contribution in [0, 0.1) is 0 Å². The van der Waals surface area contributed by atoms with Gasteiger partial charge in [0.25, 0.3) is 0 Å². The van der Waals surface area contributed by atoms with E-state index in [0.29, 0.717) is 5.75 Å². The third kappa shape index (κ3) is 2.99. The average Bonchev–Trinajstić information content (AvgIpc) is 2.66. The number of nitrogens with zero attached hydrogens (tertiary/aromatic N) is 1. The molecular formula is C12H11Cl2NO2S. The maximum absolute atomic E-state index is 11.8. The highest BCUT2D eigenvalue weighted by Gasteiger charge is 2.43. The van der Waals surface area contributed by atoms with E-state index in [2.05, 4.69) is 4.99 Å². The number of alkyl halides is 2. The summed E-state index contributed by atoms with van der Waals surface area (Å²) in [5, 5.41) is 0. The molecule has 1 heterocycles. The average molecular weight is 304 g/mol. The van der Waals surface area contributed by atoms with Crippen molar-refractivity contribution >= 4 is 46.8 Å². The molecule has 1 aliphatic heterocycles. The SMILES string of the molecule is CC1(SCc2ccccc2)N=C(C(Cl)Cl)OC1=O. The Morgan fingerprint density at radius 2 is 2.06 bits per heavy atom. The number of ether oxygens (including phenoxy) is 1. The number of aliphatic imine (C=N–C) groups is 1. The summed E-state index contributed by atoms with van der Waals surface area (Å²) in [6, 6.07) is 9.84. The van der Waals surface area contributed by atoms with Crippen LogP contribution in [0.3, 0.4) is 0 Å². The fourth-order valence-corrected chi connectivity index (χ4v) is 2.59. The quantitative estimate of drug-likeness (QED) is 0.632. The number of hydrogen-bond donors (Lipinski definition) is 0. The normalized spacial score (nSPS) is 23.1. The number of carbonyl (C=O) groups excluding carboxylic acids is 1. The van der Waals surface area contributed by atoms with Crippen LogP contribution in [0.2, 0.25) is 0 Å². The van der Waals surface area contributed by atoms with E-state index in [1.54, 1.807) is 6.92 Å². The summed E-state index contributed by atoms with van der Waals surface area (Å²) in [6.07, 6.45) is 0. The molecule has 0 spiro atoms. The highest BCUT2D eigenvalue weighted by Crippen LogP contribution is 2.36. The van der Waals surface area contributed by atoms with Gasteiger partial charge in [-0.25, -0.2) is 9.79 Å². The molecule has 0 aliphatic carbocycles. The number of halogens is 2. The minimum atomic E-state index is -0.965. The molecule has 0 amide bonds. The van der Waals surface area contributed by atoms with Crippen LogP contribution >= 0.6 is 35.0 Å². The summed E-state index contributed by atoms with van der Waals surface area (Å²) in [5.41, 5.74) is 1.12. The number of esters is 1. The van der Waals surface area contributed by atoms with E-state index in [1.165, 1.54) is 11.8 Å². The first-order valence-electron chi connectivity index (χ1n) is 5.29. The van der Waals surface area contributed by atoms with Crippen molar-refractivity contribution < 1.29 is 9.53 Å². The Morgan fingerprint density at radius 1 is 1.39 bits per heavy atom. The number of thioether (sulfide) groups is 1. The van der Waals surface area contributed by atoms with Crippen LogP contribution in [0.4, 0.5) is 0 Å². The highest BCUT2D eigenvalue weighted by molar-refractivity contribution is 8.00. The maximum Gasteiger partial charge on any atom is 0.350 e. The van der Waals surface area contributed by atoms with Crippen LogP contribution < -0.4 is 0 Å². The van der Waals surface area contributed by atoms with Crippen molar-refractivity contribution in [1.82, 2.24) is 0 Å². The van der Waals surface area contributed by atoms with Gasteiger partial charge >= 0.3 is 5.97 Å². The van der Waals surface area contributed by atoms with Gasteiger partial charge in [-0.2, -0.15) is 0 Å². The lowest BCUT2D eigenvalue weighted by Crippen LogP contribution is -2.26. The lowest BCUT2D eigenvalue weighted by atomic mass is 10.2. The molecule has 1 aliphatic rings. The summed E-state index contributed by atoms with van der Waals surface area (Å²) < 4.78 is 4.95. The van der Waals surface area contributed by atoms with Crippen molar-refractivity contribution in [2.24, 2.45) is 4.99 Å². The first-order chi connectivity index (χ1) is 8.51. The molecular weight excluding hydrogens is 293 g/mol. The summed E-state index contributed by atoms with van der Waals surface area (Å²) in [7, 11) is 0. The predicted molar refractivity (Wildman–Crippen MR) is 75.2 cm³/mol. The van der Waals surface area contributed by atoms with Gasteiger partial charge in [0.1, 0.15) is 0 Å². The summed E-state index contributed by atoms with van der Waals surface area (Å²) in [4.78, 5) is 14.0. The second-order valence-electron chi connectivity index (χ2n) is 3.90. The van der Waals surface area contributed by atoms with E-state index in [4.69, 9.17) is 27.9 Å². The molecule has 0 saturated carbocycles. The number of carbonyl (C=O) groups is 1. The zero-order valence-electron chi connectivity index (χ0n) is 9.60. The van der Waals surface area contributed by atoms with Crippen molar-refractivity contribution in [3.05, 3.63) is 35.9 Å². The molecule has 0 aromatic heterocycles. The highest BCUT2D eigenvalue weighted by atomic mass is 35.5. The first kappa shape index (κ1) is 13.7. The summed E-state index contributed by atoms with van der Waals surface area (Å²) >= 11 is 12.7. The minimum absolute atomic E-state index is 0.0754. The molecule has 0 N–H and O–H groups in total. The van der Waals surface area contributed by atoms with Crippen molar-refractivity contribution in [3.63, 3.8) is 0 Å². The standard InChI is InChI=1S/C12H11Cl2NO2S/c1-12(11(16)17-10(15-12)9(13)14)18-7-8-5-3-2-4-6-8/h2-6,9H,7H2,1H3. The molecule has 1 aromatic rings. The topological polar surface area (TPSA) is 38.7 Å². The van der Waals surface area contributed by atoms with Crippen LogP contribution in [0.5, 0.6) is 0 Å². The van der Waals surface area contributed by atoms with E-state index in [0.717, 1.165) is 5.56 Å². The fraction of sp³-hybridized carbons (Fsp3) is 0.333. The van der Waals surface area contributed by atoms with Crippen molar-refractivity contribution in [2.45, 2.75) is 22.4 Å². The van der Waals surface area contributed by atoms with Crippen LogP contribution in [-0.4, -0.2) is 21.6 Å². The predicted octanol–water partition coefficient (Wildman–Crippen LogP) is 3.40. The Bertz CT molecular complexity index is 478. The smallest absolute Gasteiger partial charge is 0.350 e. The van der Waals surface area contributed by atoms with Gasteiger partial charge < -0.3 is 4.74 Å². The molecule has 18 heavy (non-hydrogen) atoms. The Labute approximate surface area is 120 Å². The summed E-state index contributed by atoms with van der Waals surface area (Å²) in [5.74, 6) is 0.314. The van der Waals surface area contributed by atoms with Gasteiger partial charge in [-0.05, 0) is 12.5 Å². The van der Waals surface area contributed by atoms with Gasteiger partial charge in [0, 0.05) is 5.75 Å². The van der Waals surface area contributed by atoms with Gasteiger partial charge in [0.2, 0.25) is 10.8 Å². The van der Waals surface area contributed by atoms with Crippen LogP contribution in [0.15, 0.2) is 35.3 Å². The molecule has 2 rings (SSSR count). The van der Waals surface area contributed by atoms with Gasteiger partial charge in [-0.1, -0.05) is 53.5 Å². The largest absolute Gasteiger partial charge is 0.406 e. The van der Waals surface area contributed by atoms with Gasteiger partial charge in [0.15, 0.2) is 4.84 Å². The van der Waals surface area contributed by atoms with Gasteiger partial charge in [0.05, 0.1) is 0 Å².